The second-order valence-corrected chi connectivity index (χ2v) is 18.8. The summed E-state index contributed by atoms with van der Waals surface area (Å²) in [5, 5.41) is 22.5. The fourth-order valence-corrected chi connectivity index (χ4v) is 13.7. The van der Waals surface area contributed by atoms with E-state index in [1.54, 1.807) is 0 Å². The van der Waals surface area contributed by atoms with Crippen molar-refractivity contribution in [2.24, 2.45) is 57.2 Å². The molecule has 0 bridgehead atoms. The molecule has 11 heteroatoms. The van der Waals surface area contributed by atoms with Crippen molar-refractivity contribution >= 4 is 17.7 Å². The highest BCUT2D eigenvalue weighted by atomic mass is 16.7. The van der Waals surface area contributed by atoms with E-state index in [4.69, 9.17) is 18.9 Å². The molecule has 5 unspecified atom stereocenters. The molecule has 2 spiro atoms. The van der Waals surface area contributed by atoms with Crippen LogP contribution in [0, 0.1) is 67.3 Å². The van der Waals surface area contributed by atoms with E-state index < -0.39 is 11.1 Å². The van der Waals surface area contributed by atoms with Gasteiger partial charge in [-0.15, -0.1) is 0 Å². The summed E-state index contributed by atoms with van der Waals surface area (Å²) < 4.78 is 23.4. The van der Waals surface area contributed by atoms with Gasteiger partial charge in [-0.1, -0.05) is 27.7 Å². The monoisotopic (exact) mass is 736 g/mol. The molecular weight excluding hydrogens is 676 g/mol. The smallest absolute Gasteiger partial charge is 0.434 e. The van der Waals surface area contributed by atoms with Crippen LogP contribution in [0.4, 0.5) is 10.5 Å². The lowest BCUT2D eigenvalue weighted by atomic mass is 9.46. The molecule has 6 saturated carbocycles. The lowest BCUT2D eigenvalue weighted by molar-refractivity contribution is -0.384. The van der Waals surface area contributed by atoms with Gasteiger partial charge >= 0.3 is 6.16 Å². The number of nitro groups is 1. The van der Waals surface area contributed by atoms with Crippen molar-refractivity contribution < 1.29 is 38.6 Å². The van der Waals surface area contributed by atoms with Gasteiger partial charge in [-0.2, -0.15) is 0 Å². The zero-order valence-corrected chi connectivity index (χ0v) is 32.1. The Kier molecular flexibility index (Phi) is 9.66. The first kappa shape index (κ1) is 37.2. The van der Waals surface area contributed by atoms with Crippen LogP contribution in [0.15, 0.2) is 24.3 Å². The predicted molar refractivity (Wildman–Crippen MR) is 196 cm³/mol. The average Bonchev–Trinajstić information content (AvgIpc) is 4.02. The molecule has 1 aromatic rings. The number of aliphatic hydroxyl groups excluding tert-OH is 1. The van der Waals surface area contributed by atoms with Crippen molar-refractivity contribution in [3.8, 4) is 5.75 Å². The number of aliphatic hydroxyl groups is 1. The minimum atomic E-state index is -0.819. The molecule has 0 radical (unpaired) electrons. The molecule has 292 valence electrons. The number of fused-ring (bicyclic) bond motifs is 2. The van der Waals surface area contributed by atoms with Crippen molar-refractivity contribution in [2.45, 2.75) is 130 Å². The van der Waals surface area contributed by atoms with Crippen LogP contribution in [0.25, 0.3) is 0 Å². The van der Waals surface area contributed by atoms with Crippen molar-refractivity contribution in [3.63, 3.8) is 0 Å². The van der Waals surface area contributed by atoms with Gasteiger partial charge in [0.1, 0.15) is 5.75 Å². The molecule has 53 heavy (non-hydrogen) atoms. The standard InChI is InChI=1S/C42H60N2O9/c1-26-41-19-18-40(4)31(7-5-6-21-51-38(47)52-29-12-10-28(11-13-29)44(48)49)33(45)24-32(40)30(41)14-15-34-39(2,3)35(16-17-42(26,34)41)53-37-25-43(20-22-50-37)36(46)23-27-8-9-27/h10-13,26-27,30-35,37,45H,5-9,14-25H2,1-4H3/t26-,30-,31?,32?,33+,34?,35-,37?,40+,41-,42?/m0/s1. The van der Waals surface area contributed by atoms with E-state index >= 15 is 0 Å². The number of non-ortho nitro benzene ring substituents is 1. The van der Waals surface area contributed by atoms with Crippen molar-refractivity contribution in [1.29, 1.82) is 0 Å². The molecule has 11 nitrogen and oxygen atoms in total. The van der Waals surface area contributed by atoms with Gasteiger partial charge in [0.05, 0.1) is 36.9 Å². The molecule has 7 aliphatic rings. The first-order chi connectivity index (χ1) is 25.3. The highest BCUT2D eigenvalue weighted by molar-refractivity contribution is 5.76. The van der Waals surface area contributed by atoms with E-state index in [9.17, 15) is 24.8 Å². The van der Waals surface area contributed by atoms with Crippen LogP contribution in [0.5, 0.6) is 5.75 Å². The summed E-state index contributed by atoms with van der Waals surface area (Å²) in [6, 6.07) is 5.33. The summed E-state index contributed by atoms with van der Waals surface area (Å²) in [6.07, 6.45) is 12.1. The van der Waals surface area contributed by atoms with E-state index in [1.807, 2.05) is 4.90 Å². The zero-order valence-electron chi connectivity index (χ0n) is 32.1. The number of morpholine rings is 1. The van der Waals surface area contributed by atoms with E-state index in [0.29, 0.717) is 73.0 Å². The van der Waals surface area contributed by atoms with Crippen LogP contribution >= 0.6 is 0 Å². The number of benzene rings is 1. The Morgan fingerprint density at radius 2 is 1.77 bits per heavy atom. The van der Waals surface area contributed by atoms with Gasteiger partial charge in [0.15, 0.2) is 6.29 Å². The maximum Gasteiger partial charge on any atom is 0.513 e. The lowest BCUT2D eigenvalue weighted by Crippen LogP contribution is -2.56. The van der Waals surface area contributed by atoms with Gasteiger partial charge in [0.25, 0.3) is 5.69 Å². The Labute approximate surface area is 314 Å². The van der Waals surface area contributed by atoms with E-state index in [0.717, 1.165) is 32.1 Å². The second-order valence-electron chi connectivity index (χ2n) is 18.8. The van der Waals surface area contributed by atoms with E-state index in [1.165, 1.54) is 62.8 Å². The second kappa shape index (κ2) is 13.8. The number of nitro benzene ring substituents is 1. The molecule has 11 atom stereocenters. The summed E-state index contributed by atoms with van der Waals surface area (Å²) in [4.78, 5) is 37.4. The molecule has 0 aromatic heterocycles. The van der Waals surface area contributed by atoms with Gasteiger partial charge in [0, 0.05) is 25.1 Å². The topological polar surface area (TPSA) is 138 Å². The predicted octanol–water partition coefficient (Wildman–Crippen LogP) is 7.92. The van der Waals surface area contributed by atoms with Crippen LogP contribution in [-0.4, -0.2) is 71.8 Å². The first-order valence-corrected chi connectivity index (χ1v) is 20.6. The number of carbonyl (C=O) groups is 2. The van der Waals surface area contributed by atoms with E-state index in [2.05, 4.69) is 27.7 Å². The molecule has 1 aromatic carbocycles. The molecule has 1 amide bonds. The Hall–Kier alpha value is -2.76. The third-order valence-electron chi connectivity index (χ3n) is 16.4. The average molecular weight is 737 g/mol. The fraction of sp³-hybridized carbons (Fsp3) is 0.810. The Bertz CT molecular complexity index is 1560. The number of rotatable bonds is 11. The maximum absolute atomic E-state index is 12.9. The molecule has 1 saturated heterocycles. The zero-order chi connectivity index (χ0) is 37.3. The number of hydrogen-bond donors (Lipinski definition) is 1. The summed E-state index contributed by atoms with van der Waals surface area (Å²) in [6.45, 7) is 11.9. The highest BCUT2D eigenvalue weighted by Crippen LogP contribution is 2.89. The quantitative estimate of drug-likeness (QED) is 0.0790. The molecule has 1 N–H and O–H groups in total. The first-order valence-electron chi connectivity index (χ1n) is 20.6. The SMILES string of the molecule is C[C@@H]1C23CC[C@H](OC4CN(C(=O)CC5CC5)CCO4)C(C)(C)C2CC[C@H]2C4C[C@@H](O)C(CCCCOC(=O)Oc5ccc([N+](=O)[O-])cc5)[C@@]4(C)CC[C@]123. The van der Waals surface area contributed by atoms with Crippen molar-refractivity contribution in [1.82, 2.24) is 4.90 Å². The summed E-state index contributed by atoms with van der Waals surface area (Å²) >= 11 is 0. The number of amides is 1. The number of hydrogen-bond acceptors (Lipinski definition) is 9. The van der Waals surface area contributed by atoms with Crippen LogP contribution in [0.3, 0.4) is 0 Å². The van der Waals surface area contributed by atoms with Crippen molar-refractivity contribution in [3.05, 3.63) is 34.4 Å². The summed E-state index contributed by atoms with van der Waals surface area (Å²) in [5.74, 6) is 3.73. The van der Waals surface area contributed by atoms with Crippen LogP contribution in [0.2, 0.25) is 0 Å². The lowest BCUT2D eigenvalue weighted by Gasteiger charge is -2.59. The van der Waals surface area contributed by atoms with Crippen molar-refractivity contribution in [2.75, 3.05) is 26.3 Å². The molecular formula is C42H60N2O9. The molecule has 1 aliphatic heterocycles. The molecule has 6 aliphatic carbocycles. The fourth-order valence-electron chi connectivity index (χ4n) is 13.7. The van der Waals surface area contributed by atoms with Gasteiger partial charge in [-0.05, 0) is 146 Å². The summed E-state index contributed by atoms with van der Waals surface area (Å²) in [5.41, 5.74) is 0.737. The number of carbonyl (C=O) groups excluding carboxylic acids is 2. The molecule has 8 rings (SSSR count). The third-order valence-corrected chi connectivity index (χ3v) is 16.4. The van der Waals surface area contributed by atoms with Gasteiger partial charge < -0.3 is 29.0 Å². The normalized spacial score (nSPS) is 41.0. The third kappa shape index (κ3) is 6.19. The maximum atomic E-state index is 12.9. The number of nitrogens with zero attached hydrogens (tertiary/aromatic N) is 2. The number of unbranched alkanes of at least 4 members (excludes halogenated alkanes) is 1. The van der Waals surface area contributed by atoms with Crippen LogP contribution in [0.1, 0.15) is 111 Å². The molecule has 7 fully saturated rings. The van der Waals surface area contributed by atoms with Crippen LogP contribution in [-0.2, 0) is 19.0 Å². The minimum absolute atomic E-state index is 0.0134. The van der Waals surface area contributed by atoms with Crippen LogP contribution < -0.4 is 4.74 Å². The summed E-state index contributed by atoms with van der Waals surface area (Å²) in [7, 11) is 0. The Morgan fingerprint density at radius 1 is 1.00 bits per heavy atom. The Morgan fingerprint density at radius 3 is 2.51 bits per heavy atom. The van der Waals surface area contributed by atoms with Gasteiger partial charge in [-0.25, -0.2) is 4.79 Å². The van der Waals surface area contributed by atoms with Gasteiger partial charge in [0.2, 0.25) is 5.91 Å². The van der Waals surface area contributed by atoms with Gasteiger partial charge in [-0.3, -0.25) is 14.9 Å². The largest absolute Gasteiger partial charge is 0.513 e. The van der Waals surface area contributed by atoms with E-state index in [-0.39, 0.29) is 59.2 Å². The Balaban J connectivity index is 0.855. The molecule has 1 heterocycles. The number of ether oxygens (including phenoxy) is 4. The highest BCUT2D eigenvalue weighted by Gasteiger charge is 2.84. The minimum Gasteiger partial charge on any atom is -0.434 e.